The van der Waals surface area contributed by atoms with E-state index >= 15 is 0 Å². The Balaban J connectivity index is 1.45. The number of aliphatic hydroxyl groups is 1. The number of fused-ring (bicyclic) bond motifs is 3. The van der Waals surface area contributed by atoms with Crippen molar-refractivity contribution in [2.75, 3.05) is 39.9 Å². The molecule has 0 saturated carbocycles. The number of hydrogen-bond acceptors (Lipinski definition) is 6. The van der Waals surface area contributed by atoms with Crippen molar-refractivity contribution in [1.29, 1.82) is 5.26 Å². The van der Waals surface area contributed by atoms with E-state index in [4.69, 9.17) is 14.7 Å². The van der Waals surface area contributed by atoms with Gasteiger partial charge in [-0.2, -0.15) is 5.26 Å². The highest BCUT2D eigenvalue weighted by Gasteiger charge is 2.39. The first-order valence-electron chi connectivity index (χ1n) is 12.2. The van der Waals surface area contributed by atoms with Gasteiger partial charge in [0.05, 0.1) is 19.8 Å². The molecule has 6 heteroatoms. The van der Waals surface area contributed by atoms with Crippen LogP contribution in [0, 0.1) is 28.7 Å². The number of ether oxygens (including phenoxy) is 2. The predicted molar refractivity (Wildman–Crippen MR) is 125 cm³/mol. The lowest BCUT2D eigenvalue weighted by Gasteiger charge is -2.47. The summed E-state index contributed by atoms with van der Waals surface area (Å²) in [6, 6.07) is 4.57. The highest BCUT2D eigenvalue weighted by Crippen LogP contribution is 2.44. The van der Waals surface area contributed by atoms with Gasteiger partial charge >= 0.3 is 0 Å². The second kappa shape index (κ2) is 9.49. The van der Waals surface area contributed by atoms with Gasteiger partial charge in [-0.05, 0) is 72.6 Å². The number of likely N-dealkylation sites (tertiary alicyclic amines) is 1. The minimum absolute atomic E-state index is 0.229. The van der Waals surface area contributed by atoms with Gasteiger partial charge in [0.2, 0.25) is 0 Å². The molecule has 0 amide bonds. The van der Waals surface area contributed by atoms with Crippen molar-refractivity contribution < 1.29 is 14.6 Å². The highest BCUT2D eigenvalue weighted by atomic mass is 16.5. The lowest BCUT2D eigenvalue weighted by atomic mass is 9.75. The largest absolute Gasteiger partial charge is 0.493 e. The summed E-state index contributed by atoms with van der Waals surface area (Å²) >= 11 is 0. The molecule has 0 aliphatic carbocycles. The molecule has 1 N–H and O–H groups in total. The molecule has 0 radical (unpaired) electrons. The van der Waals surface area contributed by atoms with Gasteiger partial charge in [0.25, 0.3) is 0 Å². The molecule has 2 saturated heterocycles. The second-order valence-electron chi connectivity index (χ2n) is 11.1. The number of nitrogens with zero attached hydrogens (tertiary/aromatic N) is 3. The van der Waals surface area contributed by atoms with Crippen LogP contribution < -0.4 is 9.47 Å². The first kappa shape index (κ1) is 23.2. The normalized spacial score (nSPS) is 26.8. The van der Waals surface area contributed by atoms with Crippen molar-refractivity contribution in [3.05, 3.63) is 23.3 Å². The van der Waals surface area contributed by atoms with E-state index in [0.29, 0.717) is 18.4 Å². The third kappa shape index (κ3) is 5.15. The van der Waals surface area contributed by atoms with Crippen LogP contribution >= 0.6 is 0 Å². The number of aliphatic hydroxyl groups excluding tert-OH is 1. The standard InChI is InChI=1S/C26H39N3O3/c1-26(2,3)14-20-15-29-10-7-19-11-25(32-16-18-5-8-28(17-27)9-6-18)24(31-4)12-21(19)22(29)13-23(20)30/h11-12,18,20,22-23,30H,5-10,13-16H2,1-4H3/t20-,22-,23-/m1/s1. The Kier molecular flexibility index (Phi) is 6.88. The fourth-order valence-corrected chi connectivity index (χ4v) is 5.77. The van der Waals surface area contributed by atoms with E-state index in [1.54, 1.807) is 7.11 Å². The number of methoxy groups -OCH3 is 1. The van der Waals surface area contributed by atoms with Crippen LogP contribution in [0.15, 0.2) is 12.1 Å². The Hall–Kier alpha value is -1.97. The van der Waals surface area contributed by atoms with E-state index in [0.717, 1.165) is 69.8 Å². The van der Waals surface area contributed by atoms with Gasteiger partial charge in [-0.15, -0.1) is 0 Å². The molecule has 4 rings (SSSR count). The van der Waals surface area contributed by atoms with E-state index in [-0.39, 0.29) is 17.6 Å². The Morgan fingerprint density at radius 3 is 2.56 bits per heavy atom. The van der Waals surface area contributed by atoms with Crippen LogP contribution in [0.25, 0.3) is 0 Å². The van der Waals surface area contributed by atoms with Crippen molar-refractivity contribution in [3.8, 4) is 17.7 Å². The topological polar surface area (TPSA) is 69.0 Å². The maximum Gasteiger partial charge on any atom is 0.179 e. The van der Waals surface area contributed by atoms with Crippen molar-refractivity contribution in [2.24, 2.45) is 17.3 Å². The summed E-state index contributed by atoms with van der Waals surface area (Å²) in [4.78, 5) is 4.39. The smallest absolute Gasteiger partial charge is 0.179 e. The Morgan fingerprint density at radius 1 is 1.16 bits per heavy atom. The summed E-state index contributed by atoms with van der Waals surface area (Å²) in [5.41, 5.74) is 2.84. The van der Waals surface area contributed by atoms with E-state index in [1.807, 2.05) is 4.90 Å². The Labute approximate surface area is 193 Å². The molecule has 0 unspecified atom stereocenters. The molecule has 1 aromatic rings. The van der Waals surface area contributed by atoms with Crippen LogP contribution in [0.5, 0.6) is 11.5 Å². The highest BCUT2D eigenvalue weighted by molar-refractivity contribution is 5.49. The van der Waals surface area contributed by atoms with Crippen LogP contribution in [0.4, 0.5) is 0 Å². The summed E-state index contributed by atoms with van der Waals surface area (Å²) in [7, 11) is 1.70. The van der Waals surface area contributed by atoms with E-state index in [2.05, 4.69) is 44.0 Å². The second-order valence-corrected chi connectivity index (χ2v) is 11.1. The molecular weight excluding hydrogens is 402 g/mol. The van der Waals surface area contributed by atoms with Crippen LogP contribution in [0.3, 0.4) is 0 Å². The summed E-state index contributed by atoms with van der Waals surface area (Å²) in [5, 5.41) is 20.0. The average molecular weight is 442 g/mol. The van der Waals surface area contributed by atoms with Gasteiger partial charge in [0.15, 0.2) is 17.7 Å². The van der Waals surface area contributed by atoms with Gasteiger partial charge in [0.1, 0.15) is 0 Å². The number of rotatable bonds is 5. The molecule has 3 heterocycles. The van der Waals surface area contributed by atoms with Crippen molar-refractivity contribution in [2.45, 2.75) is 65.0 Å². The molecule has 3 aliphatic heterocycles. The van der Waals surface area contributed by atoms with Crippen molar-refractivity contribution in [3.63, 3.8) is 0 Å². The lowest BCUT2D eigenvalue weighted by Crippen LogP contribution is -2.48. The monoisotopic (exact) mass is 441 g/mol. The predicted octanol–water partition coefficient (Wildman–Crippen LogP) is 3.98. The van der Waals surface area contributed by atoms with E-state index in [9.17, 15) is 5.11 Å². The SMILES string of the molecule is COc1cc2c(cc1OCC1CCN(C#N)CC1)CCN1C[C@@H](CC(C)(C)C)[C@H](O)C[C@H]21. The summed E-state index contributed by atoms with van der Waals surface area (Å²) in [5.74, 6) is 2.42. The van der Waals surface area contributed by atoms with Gasteiger partial charge in [-0.3, -0.25) is 4.90 Å². The number of piperidine rings is 2. The van der Waals surface area contributed by atoms with Crippen LogP contribution in [-0.2, 0) is 6.42 Å². The van der Waals surface area contributed by atoms with Gasteiger partial charge in [-0.1, -0.05) is 20.8 Å². The van der Waals surface area contributed by atoms with Gasteiger partial charge in [-0.25, -0.2) is 0 Å². The molecule has 0 bridgehead atoms. The Bertz CT molecular complexity index is 836. The van der Waals surface area contributed by atoms with Crippen LogP contribution in [0.1, 0.15) is 63.6 Å². The molecule has 6 nitrogen and oxygen atoms in total. The molecule has 1 aromatic carbocycles. The maximum absolute atomic E-state index is 10.9. The fourth-order valence-electron chi connectivity index (χ4n) is 5.77. The molecule has 3 aliphatic rings. The molecule has 32 heavy (non-hydrogen) atoms. The fraction of sp³-hybridized carbons (Fsp3) is 0.731. The summed E-state index contributed by atoms with van der Waals surface area (Å²) in [6.45, 7) is 11.1. The maximum atomic E-state index is 10.9. The minimum Gasteiger partial charge on any atom is -0.493 e. The molecule has 3 atom stereocenters. The van der Waals surface area contributed by atoms with Crippen LogP contribution in [0.2, 0.25) is 0 Å². The van der Waals surface area contributed by atoms with Crippen molar-refractivity contribution >= 4 is 0 Å². The molecule has 0 aromatic heterocycles. The first-order chi connectivity index (χ1) is 15.3. The lowest BCUT2D eigenvalue weighted by molar-refractivity contribution is -0.0259. The zero-order valence-corrected chi connectivity index (χ0v) is 20.1. The Morgan fingerprint density at radius 2 is 1.91 bits per heavy atom. The first-order valence-corrected chi connectivity index (χ1v) is 12.2. The molecule has 0 spiro atoms. The minimum atomic E-state index is -0.261. The summed E-state index contributed by atoms with van der Waals surface area (Å²) < 4.78 is 12.0. The molecule has 2 fully saturated rings. The number of nitriles is 1. The third-order valence-corrected chi connectivity index (χ3v) is 7.48. The zero-order valence-electron chi connectivity index (χ0n) is 20.1. The van der Waals surface area contributed by atoms with Crippen LogP contribution in [-0.4, -0.2) is 60.9 Å². The van der Waals surface area contributed by atoms with E-state index < -0.39 is 0 Å². The van der Waals surface area contributed by atoms with Gasteiger partial charge < -0.3 is 19.5 Å². The molecular formula is C26H39N3O3. The summed E-state index contributed by atoms with van der Waals surface area (Å²) in [6.07, 6.45) is 6.80. The zero-order chi connectivity index (χ0) is 22.9. The average Bonchev–Trinajstić information content (AvgIpc) is 2.77. The van der Waals surface area contributed by atoms with Gasteiger partial charge in [0, 0.05) is 32.2 Å². The quantitative estimate of drug-likeness (QED) is 0.697. The molecule has 176 valence electrons. The van der Waals surface area contributed by atoms with E-state index in [1.165, 1.54) is 11.1 Å². The number of benzene rings is 1. The van der Waals surface area contributed by atoms with Crippen molar-refractivity contribution in [1.82, 2.24) is 9.80 Å². The third-order valence-electron chi connectivity index (χ3n) is 7.48. The number of hydrogen-bond donors (Lipinski definition) is 1.